The SMILES string of the molecule is COC1CC(C)(C)C(/C=C/C(C)=C/C=C/C(C)=C/C=C/C=C(C)/C=C/C=C(C)/C=C/C2=C(C)C(=O)C(OC)CC2(C)C)=C(C)C1=O. The van der Waals surface area contributed by atoms with Gasteiger partial charge in [-0.1, -0.05) is 135 Å². The fourth-order valence-electron chi connectivity index (χ4n) is 5.95. The van der Waals surface area contributed by atoms with Crippen molar-refractivity contribution in [1.82, 2.24) is 0 Å². The summed E-state index contributed by atoms with van der Waals surface area (Å²) in [5, 5.41) is 0. The quantitative estimate of drug-likeness (QED) is 0.203. The van der Waals surface area contributed by atoms with Crippen LogP contribution in [-0.2, 0) is 19.1 Å². The Bertz CT molecular complexity index is 1370. The Kier molecular flexibility index (Phi) is 14.6. The van der Waals surface area contributed by atoms with Crippen molar-refractivity contribution in [3.8, 4) is 0 Å². The smallest absolute Gasteiger partial charge is 0.187 e. The standard InChI is InChI=1S/C42H56O4/c1-29(19-15-21-31(3)23-25-35-33(5)39(43)37(45-11)27-41(35,7)8)17-13-14-18-30(2)20-16-22-32(4)24-26-36-34(6)40(44)38(46-12)28-42(36,9)10/h13-26,37-38H,27-28H2,1-12H3/b14-13+,19-15+,20-16+,25-23+,26-24+,29-17+,30-18+,31-21+,32-22+. The summed E-state index contributed by atoms with van der Waals surface area (Å²) in [6.45, 7) is 20.8. The summed E-state index contributed by atoms with van der Waals surface area (Å²) < 4.78 is 10.8. The zero-order chi connectivity index (χ0) is 34.7. The summed E-state index contributed by atoms with van der Waals surface area (Å²) >= 11 is 0. The topological polar surface area (TPSA) is 52.6 Å². The minimum atomic E-state index is -0.353. The Balaban J connectivity index is 1.96. The molecule has 0 fully saturated rings. The molecule has 0 N–H and O–H groups in total. The molecule has 2 aliphatic carbocycles. The lowest BCUT2D eigenvalue weighted by Gasteiger charge is -2.36. The molecule has 2 rings (SSSR count). The maximum atomic E-state index is 12.6. The number of Topliss-reactive ketones (excluding diaryl/α,β-unsaturated/α-hetero) is 2. The molecule has 0 saturated carbocycles. The van der Waals surface area contributed by atoms with Crippen molar-refractivity contribution in [2.24, 2.45) is 10.8 Å². The Morgan fingerprint density at radius 1 is 0.565 bits per heavy atom. The van der Waals surface area contributed by atoms with Crippen molar-refractivity contribution in [3.63, 3.8) is 0 Å². The lowest BCUT2D eigenvalue weighted by Crippen LogP contribution is -2.37. The molecule has 2 unspecified atom stereocenters. The molecule has 2 atom stereocenters. The predicted molar refractivity (Wildman–Crippen MR) is 195 cm³/mol. The van der Waals surface area contributed by atoms with Crippen LogP contribution in [0.5, 0.6) is 0 Å². The van der Waals surface area contributed by atoms with Gasteiger partial charge in [-0.15, -0.1) is 0 Å². The Labute approximate surface area is 279 Å². The van der Waals surface area contributed by atoms with Crippen molar-refractivity contribution in [3.05, 3.63) is 130 Å². The number of allylic oxidation sites excluding steroid dienone is 20. The zero-order valence-corrected chi connectivity index (χ0v) is 30.3. The van der Waals surface area contributed by atoms with Crippen molar-refractivity contribution in [1.29, 1.82) is 0 Å². The van der Waals surface area contributed by atoms with E-state index in [0.29, 0.717) is 12.8 Å². The highest BCUT2D eigenvalue weighted by molar-refractivity contribution is 6.01. The van der Waals surface area contributed by atoms with Gasteiger partial charge in [-0.05, 0) is 87.5 Å². The van der Waals surface area contributed by atoms with Crippen LogP contribution >= 0.6 is 0 Å². The number of hydrogen-bond donors (Lipinski definition) is 0. The molecule has 0 aromatic carbocycles. The molecule has 0 aliphatic heterocycles. The Hall–Kier alpha value is -3.60. The molecule has 4 heteroatoms. The molecule has 2 aliphatic rings. The van der Waals surface area contributed by atoms with Gasteiger partial charge in [0.2, 0.25) is 0 Å². The molecular weight excluding hydrogens is 568 g/mol. The average Bonchev–Trinajstić information content (AvgIpc) is 2.98. The van der Waals surface area contributed by atoms with Gasteiger partial charge >= 0.3 is 0 Å². The van der Waals surface area contributed by atoms with E-state index in [1.165, 1.54) is 0 Å². The van der Waals surface area contributed by atoms with E-state index in [1.807, 2.05) is 38.2 Å². The van der Waals surface area contributed by atoms with Crippen LogP contribution in [0.2, 0.25) is 0 Å². The van der Waals surface area contributed by atoms with Gasteiger partial charge in [0.25, 0.3) is 0 Å². The largest absolute Gasteiger partial charge is 0.373 e. The third kappa shape index (κ3) is 11.0. The Morgan fingerprint density at radius 2 is 0.870 bits per heavy atom. The van der Waals surface area contributed by atoms with Crippen molar-refractivity contribution in [2.75, 3.05) is 14.2 Å². The molecule has 248 valence electrons. The molecule has 4 nitrogen and oxygen atoms in total. The molecule has 0 radical (unpaired) electrons. The average molecular weight is 625 g/mol. The summed E-state index contributed by atoms with van der Waals surface area (Å²) in [6, 6.07) is 0. The van der Waals surface area contributed by atoms with E-state index in [-0.39, 0.29) is 34.6 Å². The van der Waals surface area contributed by atoms with E-state index >= 15 is 0 Å². The number of ketones is 2. The highest BCUT2D eigenvalue weighted by Gasteiger charge is 2.38. The van der Waals surface area contributed by atoms with Gasteiger partial charge in [-0.3, -0.25) is 9.59 Å². The van der Waals surface area contributed by atoms with E-state index in [9.17, 15) is 9.59 Å². The molecule has 46 heavy (non-hydrogen) atoms. The third-order valence-corrected chi connectivity index (χ3v) is 8.84. The number of carbonyl (C=O) groups is 2. The maximum Gasteiger partial charge on any atom is 0.187 e. The fourth-order valence-corrected chi connectivity index (χ4v) is 5.95. The summed E-state index contributed by atoms with van der Waals surface area (Å²) in [6.07, 6.45) is 29.7. The van der Waals surface area contributed by atoms with Gasteiger partial charge in [-0.25, -0.2) is 0 Å². The first-order chi connectivity index (χ1) is 21.5. The summed E-state index contributed by atoms with van der Waals surface area (Å²) in [5.74, 6) is 0.171. The van der Waals surface area contributed by atoms with Crippen LogP contribution in [-0.4, -0.2) is 38.0 Å². The normalized spacial score (nSPS) is 24.0. The highest BCUT2D eigenvalue weighted by Crippen LogP contribution is 2.41. The van der Waals surface area contributed by atoms with Crippen LogP contribution < -0.4 is 0 Å². The van der Waals surface area contributed by atoms with Gasteiger partial charge in [0.05, 0.1) is 0 Å². The second-order valence-electron chi connectivity index (χ2n) is 13.8. The minimum absolute atomic E-state index is 0.0854. The first-order valence-electron chi connectivity index (χ1n) is 16.2. The highest BCUT2D eigenvalue weighted by atomic mass is 16.5. The molecule has 0 aromatic rings. The second kappa shape index (κ2) is 17.4. The molecular formula is C42H56O4. The maximum absolute atomic E-state index is 12.6. The van der Waals surface area contributed by atoms with Gasteiger partial charge in [0.15, 0.2) is 11.6 Å². The van der Waals surface area contributed by atoms with Crippen LogP contribution in [0.1, 0.15) is 82.1 Å². The van der Waals surface area contributed by atoms with Crippen LogP contribution in [0, 0.1) is 10.8 Å². The number of carbonyl (C=O) groups excluding carboxylic acids is 2. The van der Waals surface area contributed by atoms with E-state index < -0.39 is 0 Å². The number of methoxy groups -OCH3 is 2. The molecule has 0 aromatic heterocycles. The zero-order valence-electron chi connectivity index (χ0n) is 30.3. The molecule has 0 bridgehead atoms. The summed E-state index contributed by atoms with van der Waals surface area (Å²) in [5.41, 5.74) is 8.03. The first kappa shape index (κ1) is 38.6. The van der Waals surface area contributed by atoms with Gasteiger partial charge in [0.1, 0.15) is 12.2 Å². The van der Waals surface area contributed by atoms with Crippen LogP contribution in [0.15, 0.2) is 130 Å². The fraction of sp³-hybridized carbons (Fsp3) is 0.429. The molecule has 0 amide bonds. The van der Waals surface area contributed by atoms with Gasteiger partial charge in [0, 0.05) is 14.2 Å². The van der Waals surface area contributed by atoms with Gasteiger partial charge in [-0.2, -0.15) is 0 Å². The first-order valence-corrected chi connectivity index (χ1v) is 16.2. The van der Waals surface area contributed by atoms with Crippen LogP contribution in [0.4, 0.5) is 0 Å². The van der Waals surface area contributed by atoms with Crippen molar-refractivity contribution in [2.45, 2.75) is 94.3 Å². The lowest BCUT2D eigenvalue weighted by atomic mass is 9.71. The summed E-state index contributed by atoms with van der Waals surface area (Å²) in [4.78, 5) is 25.2. The van der Waals surface area contributed by atoms with Gasteiger partial charge < -0.3 is 9.47 Å². The van der Waals surface area contributed by atoms with E-state index in [4.69, 9.17) is 9.47 Å². The molecule has 0 saturated heterocycles. The molecule has 0 heterocycles. The van der Waals surface area contributed by atoms with Crippen molar-refractivity contribution >= 4 is 11.6 Å². The van der Waals surface area contributed by atoms with E-state index in [2.05, 4.69) is 116 Å². The lowest BCUT2D eigenvalue weighted by molar-refractivity contribution is -0.128. The monoisotopic (exact) mass is 624 g/mol. The van der Waals surface area contributed by atoms with Crippen molar-refractivity contribution < 1.29 is 19.1 Å². The van der Waals surface area contributed by atoms with Crippen LogP contribution in [0.3, 0.4) is 0 Å². The number of rotatable bonds is 12. The number of hydrogen-bond acceptors (Lipinski definition) is 4. The minimum Gasteiger partial charge on any atom is -0.373 e. The Morgan fingerprint density at radius 3 is 1.20 bits per heavy atom. The predicted octanol–water partition coefficient (Wildman–Crippen LogP) is 10.2. The van der Waals surface area contributed by atoms with Crippen LogP contribution in [0.25, 0.3) is 0 Å². The van der Waals surface area contributed by atoms with E-state index in [1.54, 1.807) is 14.2 Å². The summed E-state index contributed by atoms with van der Waals surface area (Å²) in [7, 11) is 3.22. The number of ether oxygens (including phenoxy) is 2. The third-order valence-electron chi connectivity index (χ3n) is 8.84. The van der Waals surface area contributed by atoms with E-state index in [0.717, 1.165) is 44.6 Å². The second-order valence-corrected chi connectivity index (χ2v) is 13.8. The molecule has 0 spiro atoms.